The first-order chi connectivity index (χ1) is 8.18. The van der Waals surface area contributed by atoms with Crippen LogP contribution in [0.25, 0.3) is 11.3 Å². The second kappa shape index (κ2) is 5.15. The molecule has 0 radical (unpaired) electrons. The Bertz CT molecular complexity index is 486. The third kappa shape index (κ3) is 2.74. The summed E-state index contributed by atoms with van der Waals surface area (Å²) in [4.78, 5) is 4.24. The fourth-order valence-electron chi connectivity index (χ4n) is 1.93. The molecule has 2 aromatic rings. The van der Waals surface area contributed by atoms with E-state index in [1.807, 2.05) is 19.4 Å². The summed E-state index contributed by atoms with van der Waals surface area (Å²) in [6.07, 6.45) is 4.77. The predicted octanol–water partition coefficient (Wildman–Crippen LogP) is 2.60. The Morgan fingerprint density at radius 1 is 1.35 bits per heavy atom. The molecule has 0 saturated carbocycles. The first-order valence-corrected chi connectivity index (χ1v) is 6.00. The minimum Gasteiger partial charge on any atom is -0.331 e. The van der Waals surface area contributed by atoms with Gasteiger partial charge in [0.15, 0.2) is 0 Å². The van der Waals surface area contributed by atoms with E-state index in [1.54, 1.807) is 0 Å². The topological polar surface area (TPSA) is 43.8 Å². The van der Waals surface area contributed by atoms with Gasteiger partial charge in [0.25, 0.3) is 0 Å². The molecule has 1 heterocycles. The second-order valence-corrected chi connectivity index (χ2v) is 4.55. The standard InChI is InChI=1S/C14H19N3/c1-11-5-3-4-6-13(11)14-9-16-10-17(14)8-7-12(2)15/h3-6,9-10,12H,7-8,15H2,1-2H3. The molecule has 17 heavy (non-hydrogen) atoms. The third-order valence-electron chi connectivity index (χ3n) is 2.96. The van der Waals surface area contributed by atoms with Crippen LogP contribution in [-0.2, 0) is 6.54 Å². The number of rotatable bonds is 4. The molecule has 1 unspecified atom stereocenters. The number of aromatic nitrogens is 2. The van der Waals surface area contributed by atoms with Crippen molar-refractivity contribution in [2.45, 2.75) is 32.9 Å². The average Bonchev–Trinajstić information content (AvgIpc) is 2.75. The van der Waals surface area contributed by atoms with Gasteiger partial charge in [-0.3, -0.25) is 0 Å². The third-order valence-corrected chi connectivity index (χ3v) is 2.96. The molecule has 90 valence electrons. The SMILES string of the molecule is Cc1ccccc1-c1cncn1CCC(C)N. The maximum absolute atomic E-state index is 5.79. The van der Waals surface area contributed by atoms with Gasteiger partial charge < -0.3 is 10.3 Å². The molecule has 1 atom stereocenters. The van der Waals surface area contributed by atoms with Crippen LogP contribution in [0.15, 0.2) is 36.8 Å². The minimum atomic E-state index is 0.224. The van der Waals surface area contributed by atoms with Crippen molar-refractivity contribution in [2.24, 2.45) is 5.73 Å². The number of benzene rings is 1. The zero-order valence-electron chi connectivity index (χ0n) is 10.4. The molecule has 2 rings (SSSR count). The summed E-state index contributed by atoms with van der Waals surface area (Å²) in [6.45, 7) is 5.07. The van der Waals surface area contributed by atoms with Crippen molar-refractivity contribution >= 4 is 0 Å². The van der Waals surface area contributed by atoms with Crippen LogP contribution in [0.3, 0.4) is 0 Å². The molecular formula is C14H19N3. The molecule has 0 aliphatic heterocycles. The first kappa shape index (κ1) is 11.9. The average molecular weight is 229 g/mol. The van der Waals surface area contributed by atoms with Gasteiger partial charge in [-0.15, -0.1) is 0 Å². The highest BCUT2D eigenvalue weighted by atomic mass is 15.0. The number of hydrogen-bond acceptors (Lipinski definition) is 2. The van der Waals surface area contributed by atoms with Crippen molar-refractivity contribution in [2.75, 3.05) is 0 Å². The second-order valence-electron chi connectivity index (χ2n) is 4.55. The van der Waals surface area contributed by atoms with Gasteiger partial charge in [-0.2, -0.15) is 0 Å². The molecule has 0 bridgehead atoms. The zero-order valence-corrected chi connectivity index (χ0v) is 10.4. The molecule has 0 aliphatic rings. The lowest BCUT2D eigenvalue weighted by Gasteiger charge is -2.11. The van der Waals surface area contributed by atoms with Crippen molar-refractivity contribution in [3.05, 3.63) is 42.4 Å². The maximum atomic E-state index is 5.79. The van der Waals surface area contributed by atoms with Crippen molar-refractivity contribution in [1.29, 1.82) is 0 Å². The summed E-state index contributed by atoms with van der Waals surface area (Å²) < 4.78 is 2.17. The molecule has 2 N–H and O–H groups in total. The van der Waals surface area contributed by atoms with Crippen LogP contribution in [0.1, 0.15) is 18.9 Å². The van der Waals surface area contributed by atoms with E-state index in [4.69, 9.17) is 5.73 Å². The fourth-order valence-corrected chi connectivity index (χ4v) is 1.93. The number of aryl methyl sites for hydroxylation is 2. The summed E-state index contributed by atoms with van der Waals surface area (Å²) in [7, 11) is 0. The van der Waals surface area contributed by atoms with E-state index in [1.165, 1.54) is 16.8 Å². The molecule has 0 spiro atoms. The van der Waals surface area contributed by atoms with Gasteiger partial charge in [-0.05, 0) is 25.8 Å². The van der Waals surface area contributed by atoms with Gasteiger partial charge >= 0.3 is 0 Å². The summed E-state index contributed by atoms with van der Waals surface area (Å²) >= 11 is 0. The Kier molecular flexibility index (Phi) is 3.59. The van der Waals surface area contributed by atoms with Crippen LogP contribution in [0.2, 0.25) is 0 Å². The van der Waals surface area contributed by atoms with Gasteiger partial charge in [0.1, 0.15) is 0 Å². The normalized spacial score (nSPS) is 12.6. The van der Waals surface area contributed by atoms with E-state index in [9.17, 15) is 0 Å². The van der Waals surface area contributed by atoms with Gasteiger partial charge in [0.2, 0.25) is 0 Å². The van der Waals surface area contributed by atoms with Crippen LogP contribution in [0.5, 0.6) is 0 Å². The zero-order chi connectivity index (χ0) is 12.3. The molecule has 3 heteroatoms. The first-order valence-electron chi connectivity index (χ1n) is 6.00. The number of hydrogen-bond donors (Lipinski definition) is 1. The van der Waals surface area contributed by atoms with E-state index in [0.29, 0.717) is 0 Å². The van der Waals surface area contributed by atoms with E-state index in [2.05, 4.69) is 40.7 Å². The van der Waals surface area contributed by atoms with Crippen LogP contribution >= 0.6 is 0 Å². The number of nitrogens with zero attached hydrogens (tertiary/aromatic N) is 2. The van der Waals surface area contributed by atoms with E-state index in [0.717, 1.165) is 13.0 Å². The van der Waals surface area contributed by atoms with Crippen molar-refractivity contribution in [1.82, 2.24) is 9.55 Å². The lowest BCUT2D eigenvalue weighted by molar-refractivity contribution is 0.573. The minimum absolute atomic E-state index is 0.224. The molecule has 3 nitrogen and oxygen atoms in total. The predicted molar refractivity (Wildman–Crippen MR) is 70.7 cm³/mol. The van der Waals surface area contributed by atoms with Crippen LogP contribution in [0, 0.1) is 6.92 Å². The largest absolute Gasteiger partial charge is 0.331 e. The highest BCUT2D eigenvalue weighted by molar-refractivity contribution is 5.63. The van der Waals surface area contributed by atoms with Crippen LogP contribution in [-0.4, -0.2) is 15.6 Å². The highest BCUT2D eigenvalue weighted by Crippen LogP contribution is 2.22. The lowest BCUT2D eigenvalue weighted by atomic mass is 10.1. The highest BCUT2D eigenvalue weighted by Gasteiger charge is 2.07. The maximum Gasteiger partial charge on any atom is 0.0950 e. The molecular weight excluding hydrogens is 210 g/mol. The fraction of sp³-hybridized carbons (Fsp3) is 0.357. The Morgan fingerprint density at radius 3 is 2.82 bits per heavy atom. The van der Waals surface area contributed by atoms with Gasteiger partial charge in [0, 0.05) is 18.2 Å². The molecule has 0 saturated heterocycles. The van der Waals surface area contributed by atoms with Gasteiger partial charge in [-0.25, -0.2) is 4.98 Å². The Balaban J connectivity index is 2.28. The molecule has 0 aliphatic carbocycles. The van der Waals surface area contributed by atoms with Crippen molar-refractivity contribution in [3.63, 3.8) is 0 Å². The van der Waals surface area contributed by atoms with Crippen LogP contribution in [0.4, 0.5) is 0 Å². The Hall–Kier alpha value is -1.61. The summed E-state index contributed by atoms with van der Waals surface area (Å²) in [6, 6.07) is 8.60. The van der Waals surface area contributed by atoms with E-state index >= 15 is 0 Å². The monoisotopic (exact) mass is 229 g/mol. The number of imidazole rings is 1. The van der Waals surface area contributed by atoms with E-state index in [-0.39, 0.29) is 6.04 Å². The lowest BCUT2D eigenvalue weighted by Crippen LogP contribution is -2.17. The van der Waals surface area contributed by atoms with Crippen molar-refractivity contribution in [3.8, 4) is 11.3 Å². The van der Waals surface area contributed by atoms with Gasteiger partial charge in [-0.1, -0.05) is 24.3 Å². The molecule has 0 amide bonds. The van der Waals surface area contributed by atoms with Crippen LogP contribution < -0.4 is 5.73 Å². The molecule has 1 aromatic carbocycles. The smallest absolute Gasteiger partial charge is 0.0950 e. The quantitative estimate of drug-likeness (QED) is 0.875. The van der Waals surface area contributed by atoms with Gasteiger partial charge in [0.05, 0.1) is 18.2 Å². The number of nitrogens with two attached hydrogens (primary N) is 1. The Labute approximate surface area is 102 Å². The summed E-state index contributed by atoms with van der Waals surface area (Å²) in [5.74, 6) is 0. The Morgan fingerprint density at radius 2 is 2.12 bits per heavy atom. The van der Waals surface area contributed by atoms with E-state index < -0.39 is 0 Å². The summed E-state index contributed by atoms with van der Waals surface area (Å²) in [5.41, 5.74) is 9.48. The molecule has 0 fully saturated rings. The molecule has 1 aromatic heterocycles. The summed E-state index contributed by atoms with van der Waals surface area (Å²) in [5, 5.41) is 0. The van der Waals surface area contributed by atoms with Crippen molar-refractivity contribution < 1.29 is 0 Å².